The minimum atomic E-state index is -0.0510. The standard InChI is InChI=1S/C82H82BN3S/c1-78(2,3)56-23-25-70(62(35-56)55-17-11-8-12-18-55)85-72-40-61(84(59-19-13-9-14-20-59)60-21-15-10-16-22-60)39-64-66-38-58(82-46-52-32-53(47-82)34-54(33-52)48-82)37-65-63-36-57(81-43-49-29-50(44-81)31-51(30-49)45-81)24-26-71(63)86(75(65)66)83(74(64)72)77-76(85)67-41-68-69(42-73(67)87-77)80(6,7)28-27-79(68,4)5/h8-26,35-42,49-54H,27-34,43-48H2,1-7H3. The monoisotopic (exact) mass is 1150 g/mol. The van der Waals surface area contributed by atoms with Crippen molar-refractivity contribution < 1.29 is 0 Å². The van der Waals surface area contributed by atoms with Gasteiger partial charge in [0.1, 0.15) is 0 Å². The van der Waals surface area contributed by atoms with E-state index in [0.29, 0.717) is 5.41 Å². The molecular weight excluding hydrogens is 1070 g/mol. The van der Waals surface area contributed by atoms with Crippen LogP contribution in [0.5, 0.6) is 0 Å². The van der Waals surface area contributed by atoms with Crippen molar-refractivity contribution in [2.45, 2.75) is 165 Å². The zero-order valence-electron chi connectivity index (χ0n) is 52.3. The predicted octanol–water partition coefficient (Wildman–Crippen LogP) is 21.1. The molecular formula is C82H82BN3S. The van der Waals surface area contributed by atoms with Crippen molar-refractivity contribution in [2.24, 2.45) is 35.5 Å². The predicted molar refractivity (Wildman–Crippen MR) is 369 cm³/mol. The first-order chi connectivity index (χ1) is 42.1. The second kappa shape index (κ2) is 18.0. The minimum Gasteiger partial charge on any atom is -0.375 e. The third-order valence-corrected chi connectivity index (χ3v) is 26.2. The van der Waals surface area contributed by atoms with Crippen LogP contribution in [-0.4, -0.2) is 11.3 Å². The highest BCUT2D eigenvalue weighted by Gasteiger charge is 2.55. The average molecular weight is 1150 g/mol. The fourth-order valence-corrected chi connectivity index (χ4v) is 23.0. The maximum Gasteiger partial charge on any atom is 0.343 e. The number of benzene rings is 8. The van der Waals surface area contributed by atoms with Gasteiger partial charge in [-0.3, -0.25) is 0 Å². The van der Waals surface area contributed by atoms with Crippen molar-refractivity contribution >= 4 is 94.4 Å². The molecule has 5 heteroatoms. The van der Waals surface area contributed by atoms with Gasteiger partial charge in [-0.25, -0.2) is 0 Å². The molecule has 4 heterocycles. The van der Waals surface area contributed by atoms with E-state index >= 15 is 0 Å². The molecule has 2 aromatic heterocycles. The highest BCUT2D eigenvalue weighted by Crippen LogP contribution is 2.64. The van der Waals surface area contributed by atoms with Crippen molar-refractivity contribution in [1.82, 2.24) is 4.48 Å². The lowest BCUT2D eigenvalue weighted by Gasteiger charge is -2.57. The summed E-state index contributed by atoms with van der Waals surface area (Å²) in [5.41, 5.74) is 25.4. The molecule has 8 saturated carbocycles. The Labute approximate surface area is 520 Å². The molecule has 8 bridgehead atoms. The summed E-state index contributed by atoms with van der Waals surface area (Å²) in [7, 11) is 0. The Hall–Kier alpha value is -6.82. The van der Waals surface area contributed by atoms with Crippen LogP contribution in [0.15, 0.2) is 164 Å². The lowest BCUT2D eigenvalue weighted by atomic mass is 9.47. The Bertz CT molecular complexity index is 4420. The van der Waals surface area contributed by atoms with E-state index in [1.165, 1.54) is 205 Å². The number of rotatable bonds is 7. The summed E-state index contributed by atoms with van der Waals surface area (Å²) < 4.78 is 5.82. The fourth-order valence-electron chi connectivity index (χ4n) is 21.6. The molecule has 21 rings (SSSR count). The van der Waals surface area contributed by atoms with Crippen LogP contribution >= 0.6 is 11.3 Å². The average Bonchev–Trinajstić information content (AvgIpc) is 1.60. The molecule has 0 radical (unpaired) electrons. The summed E-state index contributed by atoms with van der Waals surface area (Å²) in [5.74, 6) is 5.23. The van der Waals surface area contributed by atoms with Crippen molar-refractivity contribution in [3.8, 4) is 22.3 Å². The second-order valence-corrected chi connectivity index (χ2v) is 33.5. The van der Waals surface area contributed by atoms with Gasteiger partial charge in [0.05, 0.1) is 11.4 Å². The third-order valence-electron chi connectivity index (χ3n) is 25.0. The molecule has 9 aliphatic carbocycles. The smallest absolute Gasteiger partial charge is 0.343 e. The molecule has 0 amide bonds. The summed E-state index contributed by atoms with van der Waals surface area (Å²) in [6, 6.07) is 66.0. The van der Waals surface area contributed by atoms with E-state index in [1.54, 1.807) is 11.1 Å². The number of hydrogen-bond acceptors (Lipinski definition) is 3. The zero-order valence-corrected chi connectivity index (χ0v) is 53.1. The molecule has 0 spiro atoms. The number of fused-ring (bicyclic) bond motifs is 10. The molecule has 11 aliphatic rings. The first-order valence-electron chi connectivity index (χ1n) is 33.9. The van der Waals surface area contributed by atoms with Crippen LogP contribution in [0.4, 0.5) is 34.1 Å². The van der Waals surface area contributed by atoms with Crippen LogP contribution in [0.1, 0.15) is 166 Å². The number of para-hydroxylation sites is 2. The Morgan fingerprint density at radius 3 is 1.62 bits per heavy atom. The van der Waals surface area contributed by atoms with E-state index in [9.17, 15) is 0 Å². The van der Waals surface area contributed by atoms with Crippen LogP contribution in [0.25, 0.3) is 54.1 Å². The SMILES string of the molecule is CC(C)(C)c1ccc(N2c3cc(N(c4ccccc4)c4ccccc4)cc4c3B(c3sc5cc6c(cc5c32)C(C)(C)CCC6(C)C)n2c3ccc(C56CC7CC(CC(C7)C5)C6)cc3c3cc(C56CC7CC(CC(C7)C5)C6)cc-4c32)c(-c2ccccc2)c1. The molecule has 3 nitrogen and oxygen atoms in total. The molecule has 8 aromatic carbocycles. The first-order valence-corrected chi connectivity index (χ1v) is 34.7. The molecule has 2 aliphatic heterocycles. The Morgan fingerprint density at radius 1 is 0.483 bits per heavy atom. The van der Waals surface area contributed by atoms with E-state index in [4.69, 9.17) is 0 Å². The molecule has 0 unspecified atom stereocenters. The van der Waals surface area contributed by atoms with E-state index < -0.39 is 0 Å². The van der Waals surface area contributed by atoms with Crippen molar-refractivity contribution in [3.63, 3.8) is 0 Å². The van der Waals surface area contributed by atoms with Gasteiger partial charge >= 0.3 is 6.85 Å². The largest absolute Gasteiger partial charge is 0.375 e. The number of anilines is 6. The number of thiophene rings is 1. The van der Waals surface area contributed by atoms with Gasteiger partial charge in [-0.15, -0.1) is 11.3 Å². The van der Waals surface area contributed by atoms with Crippen molar-refractivity contribution in [3.05, 3.63) is 192 Å². The van der Waals surface area contributed by atoms with Gasteiger partial charge < -0.3 is 14.3 Å². The summed E-state index contributed by atoms with van der Waals surface area (Å²) in [5, 5.41) is 4.40. The number of nitrogens with zero attached hydrogens (tertiary/aromatic N) is 3. The Balaban J connectivity index is 0.972. The highest BCUT2D eigenvalue weighted by molar-refractivity contribution is 7.32. The lowest BCUT2D eigenvalue weighted by Crippen LogP contribution is -2.55. The van der Waals surface area contributed by atoms with Gasteiger partial charge in [0.2, 0.25) is 0 Å². The normalized spacial score (nSPS) is 27.3. The van der Waals surface area contributed by atoms with E-state index in [0.717, 1.165) is 35.5 Å². The van der Waals surface area contributed by atoms with Crippen molar-refractivity contribution in [2.75, 3.05) is 9.80 Å². The third kappa shape index (κ3) is 7.54. The first kappa shape index (κ1) is 52.2. The maximum atomic E-state index is 2.95. The van der Waals surface area contributed by atoms with Gasteiger partial charge in [-0.2, -0.15) is 0 Å². The van der Waals surface area contributed by atoms with Crippen LogP contribution in [0.2, 0.25) is 0 Å². The lowest BCUT2D eigenvalue weighted by molar-refractivity contribution is -0.00527. The van der Waals surface area contributed by atoms with E-state index in [1.807, 2.05) is 0 Å². The molecule has 0 saturated heterocycles. The van der Waals surface area contributed by atoms with Gasteiger partial charge in [0.15, 0.2) is 0 Å². The highest BCUT2D eigenvalue weighted by atomic mass is 32.1. The van der Waals surface area contributed by atoms with E-state index in [2.05, 4.69) is 238 Å². The molecule has 0 N–H and O–H groups in total. The molecule has 434 valence electrons. The topological polar surface area (TPSA) is 11.4 Å². The van der Waals surface area contributed by atoms with Gasteiger partial charge in [0.25, 0.3) is 0 Å². The van der Waals surface area contributed by atoms with Crippen molar-refractivity contribution in [1.29, 1.82) is 0 Å². The van der Waals surface area contributed by atoms with Crippen LogP contribution < -0.4 is 20.0 Å². The van der Waals surface area contributed by atoms with Gasteiger partial charge in [0, 0.05) is 70.5 Å². The Morgan fingerprint density at radius 2 is 1.03 bits per heavy atom. The second-order valence-electron chi connectivity index (χ2n) is 32.4. The molecule has 10 aromatic rings. The molecule has 8 fully saturated rings. The molecule has 0 atom stereocenters. The summed E-state index contributed by atoms with van der Waals surface area (Å²) in [4.78, 5) is 5.39. The Kier molecular flexibility index (Phi) is 10.8. The summed E-state index contributed by atoms with van der Waals surface area (Å²) >= 11 is 2.11. The number of aromatic nitrogens is 1. The van der Waals surface area contributed by atoms with Crippen LogP contribution in [0, 0.1) is 35.5 Å². The summed E-state index contributed by atoms with van der Waals surface area (Å²) in [6.07, 6.45) is 19.3. The quantitative estimate of drug-likeness (QED) is 0.147. The summed E-state index contributed by atoms with van der Waals surface area (Å²) in [6.45, 7) is 17.2. The van der Waals surface area contributed by atoms with Gasteiger partial charge in [-0.05, 0) is 282 Å². The van der Waals surface area contributed by atoms with E-state index in [-0.39, 0.29) is 28.5 Å². The number of hydrogen-bond donors (Lipinski definition) is 0. The fraction of sp³-hybridized carbons (Fsp3) is 0.390. The molecule has 87 heavy (non-hydrogen) atoms. The maximum absolute atomic E-state index is 2.95. The minimum absolute atomic E-state index is 0.0381. The van der Waals surface area contributed by atoms with Crippen LogP contribution in [-0.2, 0) is 27.1 Å². The zero-order chi connectivity index (χ0) is 58.3. The van der Waals surface area contributed by atoms with Gasteiger partial charge in [-0.1, -0.05) is 127 Å². The van der Waals surface area contributed by atoms with Crippen LogP contribution in [0.3, 0.4) is 0 Å².